The summed E-state index contributed by atoms with van der Waals surface area (Å²) in [5.41, 5.74) is 2.35. The van der Waals surface area contributed by atoms with E-state index in [0.717, 1.165) is 0 Å². The lowest BCUT2D eigenvalue weighted by atomic mass is 10.2. The molecule has 0 saturated heterocycles. The molecule has 0 unspecified atom stereocenters. The molecule has 144 valence electrons. The zero-order valence-electron chi connectivity index (χ0n) is 15.3. The number of aromatic nitrogens is 2. The molecule has 0 radical (unpaired) electrons. The van der Waals surface area contributed by atoms with Gasteiger partial charge in [-0.15, -0.1) is 0 Å². The number of fused-ring (bicyclic) bond motifs is 2. The van der Waals surface area contributed by atoms with E-state index in [1.54, 1.807) is 36.4 Å². The van der Waals surface area contributed by atoms with E-state index in [9.17, 15) is 14.4 Å². The third kappa shape index (κ3) is 3.36. The molecule has 0 aliphatic rings. The summed E-state index contributed by atoms with van der Waals surface area (Å²) < 4.78 is 13.3. The van der Waals surface area contributed by atoms with Gasteiger partial charge >= 0.3 is 11.5 Å². The molecule has 0 spiro atoms. The van der Waals surface area contributed by atoms with Crippen LogP contribution in [0.1, 0.15) is 13.3 Å². The minimum Gasteiger partial charge on any atom is -0.408 e. The molecule has 2 heterocycles. The van der Waals surface area contributed by atoms with Gasteiger partial charge in [0.25, 0.3) is 0 Å². The van der Waals surface area contributed by atoms with Crippen molar-refractivity contribution < 1.29 is 13.6 Å². The maximum absolute atomic E-state index is 12.3. The van der Waals surface area contributed by atoms with E-state index in [4.69, 9.17) is 8.83 Å². The van der Waals surface area contributed by atoms with Gasteiger partial charge in [-0.05, 0) is 31.2 Å². The van der Waals surface area contributed by atoms with Crippen LogP contribution in [0.5, 0.6) is 0 Å². The summed E-state index contributed by atoms with van der Waals surface area (Å²) in [6.07, 6.45) is 0.120. The molecule has 4 aromatic rings. The topological polar surface area (TPSA) is 99.4 Å². The summed E-state index contributed by atoms with van der Waals surface area (Å²) in [6.45, 7) is 2.31. The number of oxazole rings is 2. The van der Waals surface area contributed by atoms with Gasteiger partial charge in [-0.3, -0.25) is 13.9 Å². The molecule has 0 saturated carbocycles. The lowest BCUT2D eigenvalue weighted by molar-refractivity contribution is -0.122. The smallest absolute Gasteiger partial charge is 0.408 e. The third-order valence-corrected chi connectivity index (χ3v) is 4.57. The van der Waals surface area contributed by atoms with Gasteiger partial charge in [0.2, 0.25) is 5.91 Å². The monoisotopic (exact) mass is 381 g/mol. The predicted octanol–water partition coefficient (Wildman–Crippen LogP) is 2.10. The fourth-order valence-corrected chi connectivity index (χ4v) is 3.29. The molecule has 2 aromatic carbocycles. The van der Waals surface area contributed by atoms with Crippen LogP contribution < -0.4 is 16.8 Å². The number of nitrogens with zero attached hydrogens (tertiary/aromatic N) is 2. The van der Waals surface area contributed by atoms with Gasteiger partial charge in [0.05, 0.1) is 11.0 Å². The maximum Gasteiger partial charge on any atom is 0.420 e. The molecule has 28 heavy (non-hydrogen) atoms. The first-order chi connectivity index (χ1) is 13.5. The largest absolute Gasteiger partial charge is 0.420 e. The molecule has 0 aliphatic heterocycles. The Morgan fingerprint density at radius 1 is 0.929 bits per heavy atom. The highest BCUT2D eigenvalue weighted by Gasteiger charge is 2.15. The summed E-state index contributed by atoms with van der Waals surface area (Å²) in [7, 11) is 0. The molecular weight excluding hydrogens is 362 g/mol. The zero-order chi connectivity index (χ0) is 19.7. The van der Waals surface area contributed by atoms with Crippen LogP contribution in [0.15, 0.2) is 67.0 Å². The van der Waals surface area contributed by atoms with Gasteiger partial charge < -0.3 is 14.2 Å². The molecular formula is C20H19N3O5. The van der Waals surface area contributed by atoms with Gasteiger partial charge in [-0.2, -0.15) is 0 Å². The highest BCUT2D eigenvalue weighted by atomic mass is 16.4. The van der Waals surface area contributed by atoms with Crippen molar-refractivity contribution in [3.63, 3.8) is 0 Å². The van der Waals surface area contributed by atoms with Gasteiger partial charge in [-0.25, -0.2) is 9.59 Å². The number of aryl methyl sites for hydroxylation is 1. The number of amides is 1. The van der Waals surface area contributed by atoms with Crippen LogP contribution in [-0.4, -0.2) is 21.1 Å². The molecule has 2 aromatic heterocycles. The standard InChI is InChI=1S/C20H19N3O5/c1-13(12-23-15-7-3-5-9-17(15)28-20(23)26)21-18(24)10-11-22-14-6-2-4-8-16(14)27-19(22)25/h2-9,13H,10-12H2,1H3,(H,21,24)/t13-/m0/s1. The minimum atomic E-state index is -0.488. The van der Waals surface area contributed by atoms with Gasteiger partial charge in [0.1, 0.15) is 0 Å². The van der Waals surface area contributed by atoms with Crippen LogP contribution in [0.4, 0.5) is 0 Å². The van der Waals surface area contributed by atoms with Gasteiger partial charge in [0.15, 0.2) is 11.2 Å². The Balaban J connectivity index is 1.41. The Bertz CT molecular complexity index is 1260. The third-order valence-electron chi connectivity index (χ3n) is 4.57. The zero-order valence-corrected chi connectivity index (χ0v) is 15.3. The Kier molecular flexibility index (Phi) is 4.60. The number of hydrogen-bond donors (Lipinski definition) is 1. The van der Waals surface area contributed by atoms with E-state index in [1.165, 1.54) is 9.13 Å². The SMILES string of the molecule is C[C@@H](Cn1c(=O)oc2ccccc21)NC(=O)CCn1c(=O)oc2ccccc21. The van der Waals surface area contributed by atoms with Gasteiger partial charge in [0, 0.05) is 25.6 Å². The Morgan fingerprint density at radius 2 is 1.46 bits per heavy atom. The molecule has 1 amide bonds. The lowest BCUT2D eigenvalue weighted by Crippen LogP contribution is -2.38. The molecule has 0 aliphatic carbocycles. The normalized spacial score (nSPS) is 12.5. The molecule has 1 atom stereocenters. The molecule has 0 bridgehead atoms. The van der Waals surface area contributed by atoms with Crippen LogP contribution in [-0.2, 0) is 17.9 Å². The summed E-state index contributed by atoms with van der Waals surface area (Å²) in [4.78, 5) is 36.3. The quantitative estimate of drug-likeness (QED) is 0.551. The Labute approximate surface area is 159 Å². The van der Waals surface area contributed by atoms with Crippen molar-refractivity contribution in [3.8, 4) is 0 Å². The number of benzene rings is 2. The van der Waals surface area contributed by atoms with E-state index < -0.39 is 11.5 Å². The van der Waals surface area contributed by atoms with Crippen molar-refractivity contribution in [2.24, 2.45) is 0 Å². The molecule has 8 nitrogen and oxygen atoms in total. The first kappa shape index (κ1) is 17.8. The van der Waals surface area contributed by atoms with E-state index in [0.29, 0.717) is 22.2 Å². The van der Waals surface area contributed by atoms with E-state index in [2.05, 4.69) is 5.32 Å². The second-order valence-corrected chi connectivity index (χ2v) is 6.65. The van der Waals surface area contributed by atoms with Crippen molar-refractivity contribution in [1.82, 2.24) is 14.5 Å². The second kappa shape index (κ2) is 7.22. The molecule has 1 N–H and O–H groups in total. The Hall–Kier alpha value is -3.55. The van der Waals surface area contributed by atoms with E-state index in [1.807, 2.05) is 19.1 Å². The number of rotatable bonds is 6. The fourth-order valence-electron chi connectivity index (χ4n) is 3.29. The highest BCUT2D eigenvalue weighted by molar-refractivity contribution is 5.77. The van der Waals surface area contributed by atoms with Crippen LogP contribution in [0, 0.1) is 0 Å². The first-order valence-electron chi connectivity index (χ1n) is 8.99. The minimum absolute atomic E-state index is 0.120. The molecule has 0 fully saturated rings. The van der Waals surface area contributed by atoms with E-state index >= 15 is 0 Å². The maximum atomic E-state index is 12.3. The Morgan fingerprint density at radius 3 is 2.11 bits per heavy atom. The van der Waals surface area contributed by atoms with Crippen molar-refractivity contribution >= 4 is 28.1 Å². The molecule has 4 rings (SSSR count). The van der Waals surface area contributed by atoms with Crippen molar-refractivity contribution in [1.29, 1.82) is 0 Å². The van der Waals surface area contributed by atoms with Crippen LogP contribution in [0.25, 0.3) is 22.2 Å². The summed E-state index contributed by atoms with van der Waals surface area (Å²) in [5, 5.41) is 2.85. The number of carbonyl (C=O) groups is 1. The number of hydrogen-bond acceptors (Lipinski definition) is 5. The summed E-state index contributed by atoms with van der Waals surface area (Å²) in [5.74, 6) is -1.16. The van der Waals surface area contributed by atoms with Crippen molar-refractivity contribution in [3.05, 3.63) is 69.6 Å². The van der Waals surface area contributed by atoms with Crippen LogP contribution in [0.2, 0.25) is 0 Å². The average Bonchev–Trinajstić information content (AvgIpc) is 3.16. The predicted molar refractivity (Wildman–Crippen MR) is 103 cm³/mol. The lowest BCUT2D eigenvalue weighted by Gasteiger charge is -2.14. The fraction of sp³-hybridized carbons (Fsp3) is 0.250. The average molecular weight is 381 g/mol. The molecule has 8 heteroatoms. The van der Waals surface area contributed by atoms with Crippen LogP contribution >= 0.6 is 0 Å². The number of nitrogens with one attached hydrogen (secondary N) is 1. The van der Waals surface area contributed by atoms with Gasteiger partial charge in [-0.1, -0.05) is 24.3 Å². The number of carbonyl (C=O) groups excluding carboxylic acids is 1. The number of para-hydroxylation sites is 4. The van der Waals surface area contributed by atoms with E-state index in [-0.39, 0.29) is 31.5 Å². The van der Waals surface area contributed by atoms with Crippen molar-refractivity contribution in [2.75, 3.05) is 0 Å². The van der Waals surface area contributed by atoms with Crippen molar-refractivity contribution in [2.45, 2.75) is 32.5 Å². The second-order valence-electron chi connectivity index (χ2n) is 6.65. The first-order valence-corrected chi connectivity index (χ1v) is 8.99. The highest BCUT2D eigenvalue weighted by Crippen LogP contribution is 2.13. The summed E-state index contributed by atoms with van der Waals surface area (Å²) >= 11 is 0. The summed E-state index contributed by atoms with van der Waals surface area (Å²) in [6, 6.07) is 13.9. The van der Waals surface area contributed by atoms with Crippen LogP contribution in [0.3, 0.4) is 0 Å².